The van der Waals surface area contributed by atoms with E-state index in [0.29, 0.717) is 6.42 Å². The van der Waals surface area contributed by atoms with Gasteiger partial charge in [0.2, 0.25) is 5.91 Å². The number of halogens is 1. The van der Waals surface area contributed by atoms with E-state index < -0.39 is 0 Å². The average Bonchev–Trinajstić information content (AvgIpc) is 2.82. The SMILES string of the molecule is CCO[C@@H]1CCCN(C(=O)CCc2cc(Cl)cs2)C1. The van der Waals surface area contributed by atoms with Gasteiger partial charge in [-0.3, -0.25) is 4.79 Å². The summed E-state index contributed by atoms with van der Waals surface area (Å²) in [5.41, 5.74) is 0. The molecule has 0 radical (unpaired) electrons. The third kappa shape index (κ3) is 4.48. The number of likely N-dealkylation sites (tertiary alicyclic amines) is 1. The van der Waals surface area contributed by atoms with E-state index in [2.05, 4.69) is 0 Å². The second-order valence-corrected chi connectivity index (χ2v) is 6.22. The largest absolute Gasteiger partial charge is 0.377 e. The van der Waals surface area contributed by atoms with Gasteiger partial charge in [0.1, 0.15) is 0 Å². The van der Waals surface area contributed by atoms with Crippen LogP contribution in [0.2, 0.25) is 5.02 Å². The minimum atomic E-state index is 0.221. The van der Waals surface area contributed by atoms with E-state index in [4.69, 9.17) is 16.3 Å². The number of carbonyl (C=O) groups excluding carboxylic acids is 1. The molecule has 0 N–H and O–H groups in total. The van der Waals surface area contributed by atoms with Crippen molar-refractivity contribution in [1.29, 1.82) is 0 Å². The minimum absolute atomic E-state index is 0.221. The standard InChI is InChI=1S/C14H20ClNO2S/c1-2-18-12-4-3-7-16(9-12)14(17)6-5-13-8-11(15)10-19-13/h8,10,12H,2-7,9H2,1H3/t12-/m1/s1. The number of aryl methyl sites for hydroxylation is 1. The van der Waals surface area contributed by atoms with Gasteiger partial charge in [-0.05, 0) is 32.3 Å². The maximum Gasteiger partial charge on any atom is 0.223 e. The first-order valence-electron chi connectivity index (χ1n) is 6.81. The average molecular weight is 302 g/mol. The summed E-state index contributed by atoms with van der Waals surface area (Å²) in [6.07, 6.45) is 3.68. The summed E-state index contributed by atoms with van der Waals surface area (Å²) in [5, 5.41) is 2.68. The van der Waals surface area contributed by atoms with Gasteiger partial charge in [-0.25, -0.2) is 0 Å². The Morgan fingerprint density at radius 3 is 3.16 bits per heavy atom. The Morgan fingerprint density at radius 2 is 2.47 bits per heavy atom. The van der Waals surface area contributed by atoms with Gasteiger partial charge in [0.25, 0.3) is 0 Å². The molecule has 1 aromatic heterocycles. The van der Waals surface area contributed by atoms with Crippen molar-refractivity contribution in [3.8, 4) is 0 Å². The normalized spacial score (nSPS) is 19.7. The zero-order valence-corrected chi connectivity index (χ0v) is 12.8. The molecule has 1 saturated heterocycles. The third-order valence-corrected chi connectivity index (χ3v) is 4.68. The van der Waals surface area contributed by atoms with Gasteiger partial charge in [-0.15, -0.1) is 11.3 Å². The van der Waals surface area contributed by atoms with Gasteiger partial charge in [0, 0.05) is 36.4 Å². The Morgan fingerprint density at radius 1 is 1.63 bits per heavy atom. The highest BCUT2D eigenvalue weighted by Crippen LogP contribution is 2.21. The van der Waals surface area contributed by atoms with Crippen molar-refractivity contribution in [2.24, 2.45) is 0 Å². The zero-order valence-electron chi connectivity index (χ0n) is 11.2. The van der Waals surface area contributed by atoms with Crippen LogP contribution in [0.15, 0.2) is 11.4 Å². The predicted molar refractivity (Wildman–Crippen MR) is 78.9 cm³/mol. The highest BCUT2D eigenvalue weighted by molar-refractivity contribution is 7.10. The lowest BCUT2D eigenvalue weighted by molar-refractivity contribution is -0.135. The van der Waals surface area contributed by atoms with Gasteiger partial charge in [0.05, 0.1) is 11.1 Å². The van der Waals surface area contributed by atoms with Crippen LogP contribution in [0.4, 0.5) is 0 Å². The molecular weight excluding hydrogens is 282 g/mol. The molecule has 0 spiro atoms. The van der Waals surface area contributed by atoms with Crippen molar-refractivity contribution in [3.05, 3.63) is 21.3 Å². The molecule has 0 aromatic carbocycles. The van der Waals surface area contributed by atoms with Crippen LogP contribution in [0.25, 0.3) is 0 Å². The summed E-state index contributed by atoms with van der Waals surface area (Å²) >= 11 is 7.50. The lowest BCUT2D eigenvalue weighted by atomic mass is 10.1. The summed E-state index contributed by atoms with van der Waals surface area (Å²) in [4.78, 5) is 15.3. The smallest absolute Gasteiger partial charge is 0.223 e. The van der Waals surface area contributed by atoms with E-state index in [9.17, 15) is 4.79 Å². The molecule has 1 fully saturated rings. The van der Waals surface area contributed by atoms with Crippen LogP contribution >= 0.6 is 22.9 Å². The number of ether oxygens (including phenoxy) is 1. The minimum Gasteiger partial charge on any atom is -0.377 e. The summed E-state index contributed by atoms with van der Waals surface area (Å²) in [6, 6.07) is 1.94. The Balaban J connectivity index is 1.79. The molecule has 2 rings (SSSR count). The van der Waals surface area contributed by atoms with Crippen LogP contribution in [0.3, 0.4) is 0 Å². The Kier molecular flexibility index (Phi) is 5.67. The fourth-order valence-corrected chi connectivity index (χ4v) is 3.49. The second-order valence-electron chi connectivity index (χ2n) is 4.79. The molecule has 0 unspecified atom stereocenters. The van der Waals surface area contributed by atoms with Crippen LogP contribution in [0.5, 0.6) is 0 Å². The van der Waals surface area contributed by atoms with Crippen molar-refractivity contribution in [1.82, 2.24) is 4.90 Å². The first kappa shape index (κ1) is 14.8. The zero-order chi connectivity index (χ0) is 13.7. The molecule has 19 heavy (non-hydrogen) atoms. The topological polar surface area (TPSA) is 29.5 Å². The predicted octanol–water partition coefficient (Wildman–Crippen LogP) is 3.36. The molecule has 2 heterocycles. The molecule has 0 saturated carbocycles. The molecule has 1 atom stereocenters. The van der Waals surface area contributed by atoms with Gasteiger partial charge in [0.15, 0.2) is 0 Å². The van der Waals surface area contributed by atoms with Gasteiger partial charge >= 0.3 is 0 Å². The number of hydrogen-bond acceptors (Lipinski definition) is 3. The van der Waals surface area contributed by atoms with Crippen molar-refractivity contribution < 1.29 is 9.53 Å². The number of hydrogen-bond donors (Lipinski definition) is 0. The Bertz CT molecular complexity index is 419. The van der Waals surface area contributed by atoms with E-state index >= 15 is 0 Å². The van der Waals surface area contributed by atoms with Gasteiger partial charge in [-0.1, -0.05) is 11.6 Å². The van der Waals surface area contributed by atoms with Crippen molar-refractivity contribution >= 4 is 28.8 Å². The molecule has 5 heteroatoms. The van der Waals surface area contributed by atoms with Gasteiger partial charge < -0.3 is 9.64 Å². The Hall–Kier alpha value is -0.580. The Labute approximate surface area is 123 Å². The van der Waals surface area contributed by atoms with Crippen LogP contribution < -0.4 is 0 Å². The lowest BCUT2D eigenvalue weighted by Crippen LogP contribution is -2.43. The van der Waals surface area contributed by atoms with Crippen molar-refractivity contribution in [2.75, 3.05) is 19.7 Å². The van der Waals surface area contributed by atoms with E-state index in [-0.39, 0.29) is 12.0 Å². The maximum absolute atomic E-state index is 12.2. The van der Waals surface area contributed by atoms with Crippen LogP contribution in [0.1, 0.15) is 31.1 Å². The highest BCUT2D eigenvalue weighted by Gasteiger charge is 2.23. The van der Waals surface area contributed by atoms with Crippen LogP contribution in [-0.2, 0) is 16.0 Å². The first-order valence-corrected chi connectivity index (χ1v) is 8.07. The van der Waals surface area contributed by atoms with Crippen LogP contribution in [0, 0.1) is 0 Å². The fraction of sp³-hybridized carbons (Fsp3) is 0.643. The molecule has 0 bridgehead atoms. The summed E-state index contributed by atoms with van der Waals surface area (Å²) < 4.78 is 5.62. The monoisotopic (exact) mass is 301 g/mol. The van der Waals surface area contributed by atoms with E-state index in [1.54, 1.807) is 11.3 Å². The molecule has 1 amide bonds. The quantitative estimate of drug-likeness (QED) is 0.834. The molecule has 106 valence electrons. The highest BCUT2D eigenvalue weighted by atomic mass is 35.5. The lowest BCUT2D eigenvalue weighted by Gasteiger charge is -2.32. The summed E-state index contributed by atoms with van der Waals surface area (Å²) in [7, 11) is 0. The third-order valence-electron chi connectivity index (χ3n) is 3.34. The van der Waals surface area contributed by atoms with E-state index in [0.717, 1.165) is 44.0 Å². The first-order chi connectivity index (χ1) is 9.19. The van der Waals surface area contributed by atoms with Crippen molar-refractivity contribution in [3.63, 3.8) is 0 Å². The number of thiophene rings is 1. The maximum atomic E-state index is 12.2. The fourth-order valence-electron chi connectivity index (χ4n) is 2.41. The molecular formula is C14H20ClNO2S. The summed E-state index contributed by atoms with van der Waals surface area (Å²) in [5.74, 6) is 0.230. The number of piperidine rings is 1. The molecule has 3 nitrogen and oxygen atoms in total. The number of carbonyl (C=O) groups is 1. The molecule has 1 aromatic rings. The summed E-state index contributed by atoms with van der Waals surface area (Å²) in [6.45, 7) is 4.34. The van der Waals surface area contributed by atoms with Crippen LogP contribution in [-0.4, -0.2) is 36.6 Å². The molecule has 1 aliphatic rings. The van der Waals surface area contributed by atoms with E-state index in [1.165, 1.54) is 4.88 Å². The number of rotatable bonds is 5. The van der Waals surface area contributed by atoms with Gasteiger partial charge in [-0.2, -0.15) is 0 Å². The van der Waals surface area contributed by atoms with E-state index in [1.807, 2.05) is 23.3 Å². The second kappa shape index (κ2) is 7.27. The van der Waals surface area contributed by atoms with Crippen molar-refractivity contribution in [2.45, 2.75) is 38.7 Å². The number of nitrogens with zero attached hydrogens (tertiary/aromatic N) is 1. The molecule has 0 aliphatic carbocycles. The number of amides is 1. The molecule has 1 aliphatic heterocycles.